The SMILES string of the molecule is O=C(O)C1OC(Oc2c(O)cc(O)c3c(=O)c(OC4OC(CO)C(O)C(O)C4O)c(-c4ccc(O)c(O)c4)oc23)C(O)C(O)C1O. The van der Waals surface area contributed by atoms with Gasteiger partial charge in [-0.1, -0.05) is 0 Å². The summed E-state index contributed by atoms with van der Waals surface area (Å²) in [6, 6.07) is 3.53. The molecule has 19 heteroatoms. The molecule has 0 radical (unpaired) electrons. The highest BCUT2D eigenvalue weighted by Gasteiger charge is 2.49. The molecule has 2 aliphatic rings. The molecule has 0 saturated carbocycles. The first kappa shape index (κ1) is 32.9. The van der Waals surface area contributed by atoms with Gasteiger partial charge in [0, 0.05) is 11.6 Å². The van der Waals surface area contributed by atoms with Crippen molar-refractivity contribution >= 4 is 16.9 Å². The van der Waals surface area contributed by atoms with Gasteiger partial charge in [0.25, 0.3) is 0 Å². The number of aliphatic hydroxyl groups excluding tert-OH is 7. The van der Waals surface area contributed by atoms with Crippen LogP contribution in [0, 0.1) is 0 Å². The van der Waals surface area contributed by atoms with Crippen LogP contribution < -0.4 is 14.9 Å². The monoisotopic (exact) mass is 656 g/mol. The van der Waals surface area contributed by atoms with Crippen LogP contribution in [0.15, 0.2) is 33.5 Å². The molecular formula is C27H28O19. The molecule has 5 rings (SSSR count). The number of aliphatic carboxylic acids is 1. The minimum absolute atomic E-state index is 0.235. The molecule has 46 heavy (non-hydrogen) atoms. The first-order chi connectivity index (χ1) is 21.7. The van der Waals surface area contributed by atoms with Gasteiger partial charge in [0.1, 0.15) is 53.9 Å². The molecule has 2 aromatic carbocycles. The molecule has 2 saturated heterocycles. The minimum atomic E-state index is -2.14. The lowest BCUT2D eigenvalue weighted by Crippen LogP contribution is -2.61. The van der Waals surface area contributed by atoms with E-state index in [0.29, 0.717) is 6.07 Å². The molecule has 3 aromatic rings. The highest BCUT2D eigenvalue weighted by molar-refractivity contribution is 5.93. The number of hydrogen-bond donors (Lipinski definition) is 12. The Kier molecular flexibility index (Phi) is 8.88. The van der Waals surface area contributed by atoms with Crippen molar-refractivity contribution in [2.75, 3.05) is 6.61 Å². The maximum absolute atomic E-state index is 13.9. The van der Waals surface area contributed by atoms with Gasteiger partial charge in [-0.05, 0) is 18.2 Å². The van der Waals surface area contributed by atoms with E-state index in [9.17, 15) is 70.9 Å². The second-order valence-electron chi connectivity index (χ2n) is 10.4. The van der Waals surface area contributed by atoms with Gasteiger partial charge in [-0.15, -0.1) is 0 Å². The fourth-order valence-electron chi connectivity index (χ4n) is 4.92. The Balaban J connectivity index is 1.69. The van der Waals surface area contributed by atoms with Gasteiger partial charge >= 0.3 is 5.97 Å². The van der Waals surface area contributed by atoms with Crippen molar-refractivity contribution in [1.29, 1.82) is 0 Å². The zero-order chi connectivity index (χ0) is 33.8. The fourth-order valence-corrected chi connectivity index (χ4v) is 4.92. The van der Waals surface area contributed by atoms with Crippen LogP contribution in [0.1, 0.15) is 0 Å². The van der Waals surface area contributed by atoms with Gasteiger partial charge in [-0.25, -0.2) is 4.79 Å². The van der Waals surface area contributed by atoms with E-state index >= 15 is 0 Å². The van der Waals surface area contributed by atoms with Crippen LogP contribution in [-0.4, -0.2) is 135 Å². The summed E-state index contributed by atoms with van der Waals surface area (Å²) >= 11 is 0. The van der Waals surface area contributed by atoms with Gasteiger partial charge in [0.2, 0.25) is 29.5 Å². The van der Waals surface area contributed by atoms with Crippen LogP contribution in [0.2, 0.25) is 0 Å². The third kappa shape index (κ3) is 5.59. The third-order valence-electron chi connectivity index (χ3n) is 7.41. The summed E-state index contributed by atoms with van der Waals surface area (Å²) < 4.78 is 27.2. The number of carboxylic acids is 1. The molecule has 250 valence electrons. The van der Waals surface area contributed by atoms with Crippen LogP contribution in [-0.2, 0) is 14.3 Å². The molecular weight excluding hydrogens is 628 g/mol. The number of phenols is 4. The van der Waals surface area contributed by atoms with E-state index in [0.717, 1.165) is 18.2 Å². The maximum atomic E-state index is 13.9. The summed E-state index contributed by atoms with van der Waals surface area (Å²) in [5.41, 5.74) is -2.33. The second kappa shape index (κ2) is 12.4. The molecule has 1 aromatic heterocycles. The fraction of sp³-hybridized carbons (Fsp3) is 0.407. The number of benzene rings is 2. The topological polar surface area (TPSA) is 327 Å². The Morgan fingerprint density at radius 3 is 1.93 bits per heavy atom. The number of rotatable bonds is 7. The van der Waals surface area contributed by atoms with Crippen molar-refractivity contribution in [2.24, 2.45) is 0 Å². The lowest BCUT2D eigenvalue weighted by atomic mass is 9.99. The van der Waals surface area contributed by atoms with E-state index in [4.69, 9.17) is 23.4 Å². The van der Waals surface area contributed by atoms with Crippen molar-refractivity contribution in [3.05, 3.63) is 34.5 Å². The Morgan fingerprint density at radius 2 is 1.33 bits per heavy atom. The van der Waals surface area contributed by atoms with Gasteiger partial charge in [0.15, 0.2) is 34.7 Å². The number of fused-ring (bicyclic) bond motifs is 1. The maximum Gasteiger partial charge on any atom is 0.335 e. The van der Waals surface area contributed by atoms with E-state index in [1.165, 1.54) is 0 Å². The standard InChI is InChI=1S/C27H28O19/c28-5-11-13(33)15(35)18(38)26(42-11)45-23-14(34)12-9(31)4-10(32)21(22(12)43-20(23)6-1-2-7(29)8(30)3-6)44-27-19(39)16(36)17(37)24(46-27)25(40)41/h1-4,11,13,15-19,24,26-33,35-39H,5H2,(H,40,41). The van der Waals surface area contributed by atoms with Crippen molar-refractivity contribution < 1.29 is 89.4 Å². The van der Waals surface area contributed by atoms with E-state index in [2.05, 4.69) is 0 Å². The Labute approximate surface area is 255 Å². The molecule has 2 aliphatic heterocycles. The first-order valence-electron chi connectivity index (χ1n) is 13.3. The van der Waals surface area contributed by atoms with E-state index < -0.39 is 131 Å². The molecule has 0 aliphatic carbocycles. The van der Waals surface area contributed by atoms with Crippen molar-refractivity contribution in [2.45, 2.75) is 61.4 Å². The first-order valence-corrected chi connectivity index (χ1v) is 13.3. The van der Waals surface area contributed by atoms with Gasteiger partial charge in [-0.2, -0.15) is 0 Å². The molecule has 0 bridgehead atoms. The number of aliphatic hydroxyl groups is 7. The van der Waals surface area contributed by atoms with Crippen LogP contribution in [0.25, 0.3) is 22.3 Å². The lowest BCUT2D eigenvalue weighted by Gasteiger charge is -2.39. The molecule has 2 fully saturated rings. The summed E-state index contributed by atoms with van der Waals surface area (Å²) in [6.45, 7) is -0.861. The van der Waals surface area contributed by atoms with Gasteiger partial charge < -0.3 is 84.6 Å². The number of ether oxygens (including phenoxy) is 4. The number of phenolic OH excluding ortho intramolecular Hbond substituents is 4. The van der Waals surface area contributed by atoms with Crippen LogP contribution in [0.3, 0.4) is 0 Å². The molecule has 3 heterocycles. The van der Waals surface area contributed by atoms with Crippen molar-refractivity contribution in [3.8, 4) is 45.8 Å². The van der Waals surface area contributed by atoms with Crippen LogP contribution in [0.5, 0.6) is 34.5 Å². The minimum Gasteiger partial charge on any atom is -0.507 e. The van der Waals surface area contributed by atoms with Crippen LogP contribution >= 0.6 is 0 Å². The van der Waals surface area contributed by atoms with Gasteiger partial charge in [-0.3, -0.25) is 4.79 Å². The predicted octanol–water partition coefficient (Wildman–Crippen LogP) is -3.27. The highest BCUT2D eigenvalue weighted by atomic mass is 16.7. The van der Waals surface area contributed by atoms with Crippen molar-refractivity contribution in [3.63, 3.8) is 0 Å². The van der Waals surface area contributed by atoms with E-state index in [1.54, 1.807) is 0 Å². The second-order valence-corrected chi connectivity index (χ2v) is 10.4. The molecule has 0 spiro atoms. The van der Waals surface area contributed by atoms with Crippen molar-refractivity contribution in [1.82, 2.24) is 0 Å². The lowest BCUT2D eigenvalue weighted by molar-refractivity contribution is -0.277. The molecule has 19 nitrogen and oxygen atoms in total. The molecule has 10 atom stereocenters. The average molecular weight is 657 g/mol. The highest BCUT2D eigenvalue weighted by Crippen LogP contribution is 2.45. The summed E-state index contributed by atoms with van der Waals surface area (Å²) in [7, 11) is 0. The number of carboxylic acid groups (broad SMARTS) is 1. The quantitative estimate of drug-likeness (QED) is 0.111. The average Bonchev–Trinajstić information content (AvgIpc) is 3.01. The van der Waals surface area contributed by atoms with E-state index in [-0.39, 0.29) is 5.56 Å². The normalized spacial score (nSPS) is 31.5. The third-order valence-corrected chi connectivity index (χ3v) is 7.41. The predicted molar refractivity (Wildman–Crippen MR) is 144 cm³/mol. The summed E-state index contributed by atoms with van der Waals surface area (Å²) in [6.07, 6.45) is -19.9. The summed E-state index contributed by atoms with van der Waals surface area (Å²) in [5.74, 6) is -7.46. The largest absolute Gasteiger partial charge is 0.507 e. The summed E-state index contributed by atoms with van der Waals surface area (Å²) in [5, 5.41) is 121. The number of hydrogen-bond acceptors (Lipinski definition) is 18. The number of aromatic hydroxyl groups is 4. The van der Waals surface area contributed by atoms with Crippen LogP contribution in [0.4, 0.5) is 0 Å². The Bertz CT molecular complexity index is 1690. The molecule has 10 unspecified atom stereocenters. The molecule has 12 N–H and O–H groups in total. The smallest absolute Gasteiger partial charge is 0.335 e. The summed E-state index contributed by atoms with van der Waals surface area (Å²) in [4.78, 5) is 25.4. The van der Waals surface area contributed by atoms with E-state index in [1.807, 2.05) is 0 Å². The Morgan fingerprint density at radius 1 is 0.717 bits per heavy atom. The zero-order valence-electron chi connectivity index (χ0n) is 23.0. The number of carbonyl (C=O) groups is 1. The zero-order valence-corrected chi connectivity index (χ0v) is 23.0. The van der Waals surface area contributed by atoms with Gasteiger partial charge in [0.05, 0.1) is 6.61 Å². The molecule has 0 amide bonds. The Hall–Kier alpha value is -4.44.